The summed E-state index contributed by atoms with van der Waals surface area (Å²) in [5.74, 6) is 0.195. The van der Waals surface area contributed by atoms with Gasteiger partial charge < -0.3 is 9.84 Å². The van der Waals surface area contributed by atoms with Crippen molar-refractivity contribution in [3.63, 3.8) is 0 Å². The lowest BCUT2D eigenvalue weighted by Gasteiger charge is -1.98. The molecule has 12 heavy (non-hydrogen) atoms. The van der Waals surface area contributed by atoms with Gasteiger partial charge in [-0.3, -0.25) is 4.79 Å². The Morgan fingerprint density at radius 2 is 2.42 bits per heavy atom. The summed E-state index contributed by atoms with van der Waals surface area (Å²) in [7, 11) is 0. The number of carbonyl (C=O) groups is 1. The highest BCUT2D eigenvalue weighted by Gasteiger charge is 2.35. The first-order chi connectivity index (χ1) is 5.75. The van der Waals surface area contributed by atoms with E-state index in [-0.39, 0.29) is 12.5 Å². The number of rotatable bonds is 3. The molecule has 1 aliphatic heterocycles. The van der Waals surface area contributed by atoms with Gasteiger partial charge in [0.1, 0.15) is 13.0 Å². The van der Waals surface area contributed by atoms with Crippen molar-refractivity contribution in [3.05, 3.63) is 0 Å². The average molecular weight is 169 g/mol. The molecule has 1 N–H and O–H groups in total. The summed E-state index contributed by atoms with van der Waals surface area (Å²) >= 11 is 0. The van der Waals surface area contributed by atoms with E-state index in [1.54, 1.807) is 0 Å². The molecule has 1 atom stereocenters. The molecule has 66 valence electrons. The highest BCUT2D eigenvalue weighted by atomic mass is 16.5. The van der Waals surface area contributed by atoms with Crippen molar-refractivity contribution in [1.82, 2.24) is 0 Å². The van der Waals surface area contributed by atoms with Crippen molar-refractivity contribution in [2.75, 3.05) is 6.61 Å². The molecule has 1 heterocycles. The third kappa shape index (κ3) is 1.57. The molecule has 0 amide bonds. The normalized spacial score (nSPS) is 28.0. The van der Waals surface area contributed by atoms with Crippen molar-refractivity contribution in [3.8, 4) is 0 Å². The van der Waals surface area contributed by atoms with Gasteiger partial charge in [-0.05, 0) is 18.8 Å². The number of nitrogens with zero attached hydrogens (tertiary/aromatic N) is 1. The zero-order valence-electron chi connectivity index (χ0n) is 6.69. The average Bonchev–Trinajstić information content (AvgIpc) is 2.73. The molecule has 0 bridgehead atoms. The van der Waals surface area contributed by atoms with Crippen molar-refractivity contribution in [2.45, 2.75) is 25.3 Å². The molecular formula is C8H11NO3. The Labute approximate surface area is 70.2 Å². The Morgan fingerprint density at radius 1 is 1.67 bits per heavy atom. The second-order valence-electron chi connectivity index (χ2n) is 3.31. The zero-order chi connectivity index (χ0) is 8.55. The summed E-state index contributed by atoms with van der Waals surface area (Å²) in [6, 6.07) is 0.249. The summed E-state index contributed by atoms with van der Waals surface area (Å²) in [4.78, 5) is 14.5. The van der Waals surface area contributed by atoms with E-state index in [0.29, 0.717) is 18.4 Å². The number of carboxylic acid groups (broad SMARTS) is 1. The van der Waals surface area contributed by atoms with Crippen LogP contribution in [0.5, 0.6) is 0 Å². The molecule has 0 aromatic rings. The van der Waals surface area contributed by atoms with Crippen molar-refractivity contribution < 1.29 is 14.6 Å². The van der Waals surface area contributed by atoms with Crippen LogP contribution in [-0.2, 0) is 9.53 Å². The molecule has 0 aromatic carbocycles. The Bertz CT molecular complexity index is 232. The lowest BCUT2D eigenvalue weighted by Crippen LogP contribution is -2.08. The van der Waals surface area contributed by atoms with Gasteiger partial charge in [0.05, 0.1) is 6.04 Å². The first-order valence-electron chi connectivity index (χ1n) is 4.17. The van der Waals surface area contributed by atoms with E-state index in [0.717, 1.165) is 0 Å². The summed E-state index contributed by atoms with van der Waals surface area (Å²) in [6.07, 6.45) is 2.37. The molecule has 4 nitrogen and oxygen atoms in total. The van der Waals surface area contributed by atoms with Crippen LogP contribution in [0.25, 0.3) is 0 Å². The lowest BCUT2D eigenvalue weighted by molar-refractivity contribution is -0.135. The standard InChI is InChI=1S/C8H11NO3/c10-8(11)3-7-9-6(4-12-7)5-1-2-5/h5-6H,1-4H2,(H,10,11). The predicted molar refractivity (Wildman–Crippen MR) is 42.2 cm³/mol. The van der Waals surface area contributed by atoms with Gasteiger partial charge in [-0.1, -0.05) is 0 Å². The third-order valence-electron chi connectivity index (χ3n) is 2.20. The lowest BCUT2D eigenvalue weighted by atomic mass is 10.2. The van der Waals surface area contributed by atoms with Crippen LogP contribution in [0.4, 0.5) is 0 Å². The van der Waals surface area contributed by atoms with Gasteiger partial charge in [-0.25, -0.2) is 4.99 Å². The molecule has 1 aliphatic carbocycles. The minimum Gasteiger partial charge on any atom is -0.481 e. The number of aliphatic carboxylic acids is 1. The van der Waals surface area contributed by atoms with Crippen molar-refractivity contribution >= 4 is 11.9 Å². The monoisotopic (exact) mass is 169 g/mol. The molecule has 0 radical (unpaired) electrons. The SMILES string of the molecule is O=C(O)CC1=NC(C2CC2)CO1. The van der Waals surface area contributed by atoms with Crippen LogP contribution in [0.15, 0.2) is 4.99 Å². The smallest absolute Gasteiger partial charge is 0.312 e. The second-order valence-corrected chi connectivity index (χ2v) is 3.31. The van der Waals surface area contributed by atoms with Gasteiger partial charge in [-0.2, -0.15) is 0 Å². The maximum atomic E-state index is 10.3. The molecule has 4 heteroatoms. The van der Waals surface area contributed by atoms with E-state index in [9.17, 15) is 4.79 Å². The number of aliphatic imine (C=N–C) groups is 1. The van der Waals surface area contributed by atoms with Crippen LogP contribution in [0.3, 0.4) is 0 Å². The van der Waals surface area contributed by atoms with Gasteiger partial charge in [0.25, 0.3) is 0 Å². The summed E-state index contributed by atoms with van der Waals surface area (Å²) < 4.78 is 5.15. The fraction of sp³-hybridized carbons (Fsp3) is 0.750. The van der Waals surface area contributed by atoms with E-state index in [1.165, 1.54) is 12.8 Å². The Kier molecular flexibility index (Phi) is 1.75. The third-order valence-corrected chi connectivity index (χ3v) is 2.20. The van der Waals surface area contributed by atoms with Crippen molar-refractivity contribution in [1.29, 1.82) is 0 Å². The molecular weight excluding hydrogens is 158 g/mol. The molecule has 0 spiro atoms. The fourth-order valence-electron chi connectivity index (χ4n) is 1.39. The number of hydrogen-bond acceptors (Lipinski definition) is 3. The summed E-state index contributed by atoms with van der Waals surface area (Å²) in [5, 5.41) is 8.45. The van der Waals surface area contributed by atoms with Crippen LogP contribution in [-0.4, -0.2) is 29.6 Å². The highest BCUT2D eigenvalue weighted by Crippen LogP contribution is 2.36. The Balaban J connectivity index is 1.90. The minimum absolute atomic E-state index is 0.0663. The van der Waals surface area contributed by atoms with Crippen LogP contribution in [0.1, 0.15) is 19.3 Å². The Morgan fingerprint density at radius 3 is 3.00 bits per heavy atom. The zero-order valence-corrected chi connectivity index (χ0v) is 6.69. The van der Waals surface area contributed by atoms with Gasteiger partial charge in [0.15, 0.2) is 5.90 Å². The summed E-state index contributed by atoms with van der Waals surface area (Å²) in [6.45, 7) is 0.591. The molecule has 2 aliphatic rings. The molecule has 0 saturated heterocycles. The molecule has 1 unspecified atom stereocenters. The van der Waals surface area contributed by atoms with Crippen LogP contribution in [0.2, 0.25) is 0 Å². The number of ether oxygens (including phenoxy) is 1. The minimum atomic E-state index is -0.870. The van der Waals surface area contributed by atoms with Crippen LogP contribution >= 0.6 is 0 Å². The van der Waals surface area contributed by atoms with Gasteiger partial charge in [0.2, 0.25) is 0 Å². The van der Waals surface area contributed by atoms with E-state index in [4.69, 9.17) is 9.84 Å². The molecule has 0 aromatic heterocycles. The summed E-state index contributed by atoms with van der Waals surface area (Å²) in [5.41, 5.74) is 0. The molecule has 1 saturated carbocycles. The van der Waals surface area contributed by atoms with Crippen molar-refractivity contribution in [2.24, 2.45) is 10.9 Å². The maximum absolute atomic E-state index is 10.3. The first kappa shape index (κ1) is 7.58. The van der Waals surface area contributed by atoms with E-state index < -0.39 is 5.97 Å². The first-order valence-corrected chi connectivity index (χ1v) is 4.17. The number of hydrogen-bond donors (Lipinski definition) is 1. The van der Waals surface area contributed by atoms with Crippen LogP contribution in [0, 0.1) is 5.92 Å². The quantitative estimate of drug-likeness (QED) is 0.675. The van der Waals surface area contributed by atoms with E-state index >= 15 is 0 Å². The van der Waals surface area contributed by atoms with Gasteiger partial charge >= 0.3 is 5.97 Å². The molecule has 1 fully saturated rings. The predicted octanol–water partition coefficient (Wildman–Crippen LogP) is 0.668. The Hall–Kier alpha value is -1.06. The second kappa shape index (κ2) is 2.77. The van der Waals surface area contributed by atoms with E-state index in [2.05, 4.69) is 4.99 Å². The highest BCUT2D eigenvalue weighted by molar-refractivity contribution is 5.94. The largest absolute Gasteiger partial charge is 0.481 e. The number of carboxylic acids is 1. The topological polar surface area (TPSA) is 58.9 Å². The van der Waals surface area contributed by atoms with Gasteiger partial charge in [-0.15, -0.1) is 0 Å². The molecule has 2 rings (SSSR count). The fourth-order valence-corrected chi connectivity index (χ4v) is 1.39. The van der Waals surface area contributed by atoms with Crippen LogP contribution < -0.4 is 0 Å². The maximum Gasteiger partial charge on any atom is 0.312 e. The van der Waals surface area contributed by atoms with Gasteiger partial charge in [0, 0.05) is 0 Å². The van der Waals surface area contributed by atoms with E-state index in [1.807, 2.05) is 0 Å².